The van der Waals surface area contributed by atoms with Crippen molar-refractivity contribution in [3.05, 3.63) is 24.5 Å². The molecule has 0 aliphatic rings. The number of ether oxygens (including phenoxy) is 1. The average molecular weight is 266 g/mol. The van der Waals surface area contributed by atoms with Crippen molar-refractivity contribution in [2.75, 3.05) is 52.8 Å². The summed E-state index contributed by atoms with van der Waals surface area (Å²) in [4.78, 5) is 19.8. The van der Waals surface area contributed by atoms with Crippen LogP contribution in [0.4, 0.5) is 10.5 Å². The van der Waals surface area contributed by atoms with Crippen molar-refractivity contribution in [1.29, 1.82) is 0 Å². The van der Waals surface area contributed by atoms with Crippen LogP contribution in [0, 0.1) is 0 Å². The normalized spacial score (nSPS) is 10.5. The molecule has 0 atom stereocenters. The number of nitrogens with one attached hydrogen (secondary N) is 1. The van der Waals surface area contributed by atoms with Gasteiger partial charge in [-0.25, -0.2) is 4.79 Å². The average Bonchev–Trinajstić information content (AvgIpc) is 2.39. The van der Waals surface area contributed by atoms with Crippen LogP contribution in [0.3, 0.4) is 0 Å². The highest BCUT2D eigenvalue weighted by Gasteiger charge is 2.13. The monoisotopic (exact) mass is 266 g/mol. The molecule has 6 heteroatoms. The van der Waals surface area contributed by atoms with Crippen LogP contribution in [0.5, 0.6) is 0 Å². The van der Waals surface area contributed by atoms with Crippen LogP contribution in [-0.4, -0.2) is 68.3 Å². The minimum atomic E-state index is -0.120. The molecule has 0 spiro atoms. The van der Waals surface area contributed by atoms with E-state index in [-0.39, 0.29) is 6.03 Å². The molecular weight excluding hydrogens is 244 g/mol. The first kappa shape index (κ1) is 15.4. The third-order valence-electron chi connectivity index (χ3n) is 2.60. The van der Waals surface area contributed by atoms with Gasteiger partial charge in [-0.2, -0.15) is 0 Å². The van der Waals surface area contributed by atoms with E-state index < -0.39 is 0 Å². The maximum Gasteiger partial charge on any atom is 0.321 e. The molecule has 1 heterocycles. The van der Waals surface area contributed by atoms with E-state index in [1.165, 1.54) is 0 Å². The summed E-state index contributed by atoms with van der Waals surface area (Å²) in [6.45, 7) is 2.57. The zero-order chi connectivity index (χ0) is 14.1. The molecule has 106 valence electrons. The van der Waals surface area contributed by atoms with Gasteiger partial charge in [-0.05, 0) is 26.2 Å². The predicted molar refractivity (Wildman–Crippen MR) is 75.3 cm³/mol. The zero-order valence-corrected chi connectivity index (χ0v) is 11.8. The van der Waals surface area contributed by atoms with Crippen LogP contribution < -0.4 is 5.32 Å². The molecule has 0 unspecified atom stereocenters. The fourth-order valence-electron chi connectivity index (χ4n) is 1.47. The first-order chi connectivity index (χ1) is 9.13. The molecular formula is C13H22N4O2. The Labute approximate surface area is 114 Å². The lowest BCUT2D eigenvalue weighted by Crippen LogP contribution is -2.41. The maximum absolute atomic E-state index is 12.2. The Morgan fingerprint density at radius 3 is 2.53 bits per heavy atom. The Hall–Kier alpha value is -1.66. The molecule has 0 saturated heterocycles. The van der Waals surface area contributed by atoms with E-state index in [0.717, 1.165) is 12.2 Å². The number of urea groups is 1. The first-order valence-corrected chi connectivity index (χ1v) is 6.23. The SMILES string of the molecule is COCCN(CCN(C)C)C(=O)Nc1ccncc1. The van der Waals surface area contributed by atoms with Crippen molar-refractivity contribution in [1.82, 2.24) is 14.8 Å². The van der Waals surface area contributed by atoms with Crippen molar-refractivity contribution in [3.63, 3.8) is 0 Å². The van der Waals surface area contributed by atoms with Gasteiger partial charge in [0.1, 0.15) is 0 Å². The number of anilines is 1. The third-order valence-corrected chi connectivity index (χ3v) is 2.60. The fraction of sp³-hybridized carbons (Fsp3) is 0.538. The minimum Gasteiger partial charge on any atom is -0.383 e. The number of likely N-dealkylation sites (N-methyl/N-ethyl adjacent to an activating group) is 1. The van der Waals surface area contributed by atoms with Gasteiger partial charge in [0.15, 0.2) is 0 Å². The highest BCUT2D eigenvalue weighted by atomic mass is 16.5. The van der Waals surface area contributed by atoms with E-state index >= 15 is 0 Å². The number of carbonyl (C=O) groups is 1. The maximum atomic E-state index is 12.2. The molecule has 0 aliphatic heterocycles. The topological polar surface area (TPSA) is 57.7 Å². The third kappa shape index (κ3) is 6.17. The van der Waals surface area contributed by atoms with E-state index in [4.69, 9.17) is 4.74 Å². The quantitative estimate of drug-likeness (QED) is 0.803. The summed E-state index contributed by atoms with van der Waals surface area (Å²) in [7, 11) is 5.59. The Balaban J connectivity index is 2.54. The molecule has 1 N–H and O–H groups in total. The summed E-state index contributed by atoms with van der Waals surface area (Å²) in [5, 5.41) is 2.85. The van der Waals surface area contributed by atoms with Crippen molar-refractivity contribution in [2.24, 2.45) is 0 Å². The molecule has 1 aromatic rings. The highest BCUT2D eigenvalue weighted by molar-refractivity contribution is 5.89. The van der Waals surface area contributed by atoms with E-state index in [1.54, 1.807) is 36.5 Å². The van der Waals surface area contributed by atoms with Crippen LogP contribution in [0.15, 0.2) is 24.5 Å². The summed E-state index contributed by atoms with van der Waals surface area (Å²) in [5.41, 5.74) is 0.743. The Bertz CT molecular complexity index is 370. The second kappa shape index (κ2) is 8.44. The molecule has 2 amide bonds. The number of hydrogen-bond acceptors (Lipinski definition) is 4. The van der Waals surface area contributed by atoms with Gasteiger partial charge in [0, 0.05) is 44.8 Å². The van der Waals surface area contributed by atoms with Gasteiger partial charge in [-0.15, -0.1) is 0 Å². The van der Waals surface area contributed by atoms with Crippen molar-refractivity contribution in [3.8, 4) is 0 Å². The van der Waals surface area contributed by atoms with Crippen molar-refractivity contribution in [2.45, 2.75) is 0 Å². The first-order valence-electron chi connectivity index (χ1n) is 6.23. The van der Waals surface area contributed by atoms with Crippen molar-refractivity contribution >= 4 is 11.7 Å². The Morgan fingerprint density at radius 1 is 1.26 bits per heavy atom. The number of pyridine rings is 1. The molecule has 0 aliphatic carbocycles. The van der Waals surface area contributed by atoms with Crippen LogP contribution in [0.2, 0.25) is 0 Å². The largest absolute Gasteiger partial charge is 0.383 e. The van der Waals surface area contributed by atoms with Gasteiger partial charge in [0.2, 0.25) is 0 Å². The number of rotatable bonds is 7. The molecule has 1 rings (SSSR count). The lowest BCUT2D eigenvalue weighted by Gasteiger charge is -2.24. The molecule has 0 fully saturated rings. The molecule has 6 nitrogen and oxygen atoms in total. The van der Waals surface area contributed by atoms with Gasteiger partial charge in [0.05, 0.1) is 6.61 Å². The number of carbonyl (C=O) groups excluding carboxylic acids is 1. The van der Waals surface area contributed by atoms with E-state index in [1.807, 2.05) is 19.0 Å². The predicted octanol–water partition coefficient (Wildman–Crippen LogP) is 1.12. The molecule has 0 radical (unpaired) electrons. The summed E-state index contributed by atoms with van der Waals surface area (Å²) >= 11 is 0. The second-order valence-corrected chi connectivity index (χ2v) is 4.45. The highest BCUT2D eigenvalue weighted by Crippen LogP contribution is 2.05. The number of hydrogen-bond donors (Lipinski definition) is 1. The Kier molecular flexibility index (Phi) is 6.84. The molecule has 0 saturated carbocycles. The van der Waals surface area contributed by atoms with E-state index in [9.17, 15) is 4.79 Å². The lowest BCUT2D eigenvalue weighted by molar-refractivity contribution is 0.151. The summed E-state index contributed by atoms with van der Waals surface area (Å²) in [6.07, 6.45) is 3.30. The lowest BCUT2D eigenvalue weighted by atomic mass is 10.4. The molecule has 0 aromatic carbocycles. The number of aromatic nitrogens is 1. The number of amides is 2. The summed E-state index contributed by atoms with van der Waals surface area (Å²) in [6, 6.07) is 3.40. The standard InChI is InChI=1S/C13H22N4O2/c1-16(2)8-9-17(10-11-19-3)13(18)15-12-4-6-14-7-5-12/h4-7H,8-11H2,1-3H3,(H,14,15,18). The smallest absolute Gasteiger partial charge is 0.321 e. The Morgan fingerprint density at radius 2 is 1.95 bits per heavy atom. The van der Waals surface area contributed by atoms with Gasteiger partial charge < -0.3 is 19.9 Å². The van der Waals surface area contributed by atoms with E-state index in [2.05, 4.69) is 10.3 Å². The second-order valence-electron chi connectivity index (χ2n) is 4.45. The number of methoxy groups -OCH3 is 1. The molecule has 19 heavy (non-hydrogen) atoms. The van der Waals surface area contributed by atoms with Crippen LogP contribution in [0.1, 0.15) is 0 Å². The van der Waals surface area contributed by atoms with E-state index in [0.29, 0.717) is 19.7 Å². The summed E-state index contributed by atoms with van der Waals surface area (Å²) < 4.78 is 5.03. The van der Waals surface area contributed by atoms with Gasteiger partial charge >= 0.3 is 6.03 Å². The molecule has 1 aromatic heterocycles. The summed E-state index contributed by atoms with van der Waals surface area (Å²) in [5.74, 6) is 0. The van der Waals surface area contributed by atoms with Crippen molar-refractivity contribution < 1.29 is 9.53 Å². The van der Waals surface area contributed by atoms with Gasteiger partial charge in [-0.3, -0.25) is 4.98 Å². The van der Waals surface area contributed by atoms with Crippen LogP contribution in [-0.2, 0) is 4.74 Å². The molecule has 0 bridgehead atoms. The minimum absolute atomic E-state index is 0.120. The van der Waals surface area contributed by atoms with Gasteiger partial charge in [-0.1, -0.05) is 0 Å². The zero-order valence-electron chi connectivity index (χ0n) is 11.8. The van der Waals surface area contributed by atoms with Crippen LogP contribution in [0.25, 0.3) is 0 Å². The fourth-order valence-corrected chi connectivity index (χ4v) is 1.47. The number of nitrogens with zero attached hydrogens (tertiary/aromatic N) is 3. The van der Waals surface area contributed by atoms with Gasteiger partial charge in [0.25, 0.3) is 0 Å². The van der Waals surface area contributed by atoms with Crippen LogP contribution >= 0.6 is 0 Å².